The van der Waals surface area contributed by atoms with Gasteiger partial charge in [-0.05, 0) is 76.5 Å². The summed E-state index contributed by atoms with van der Waals surface area (Å²) in [7, 11) is 0. The zero-order chi connectivity index (χ0) is 24.8. The lowest BCUT2D eigenvalue weighted by Gasteiger charge is -2.19. The first-order valence-electron chi connectivity index (χ1n) is 12.4. The van der Waals surface area contributed by atoms with Crippen LogP contribution < -0.4 is 4.74 Å². The van der Waals surface area contributed by atoms with E-state index in [1.54, 1.807) is 18.3 Å². The molecule has 1 aromatic heterocycles. The Kier molecular flexibility index (Phi) is 4.46. The Morgan fingerprint density at radius 3 is 2.64 bits per heavy atom. The Balaban J connectivity index is 1.14. The second kappa shape index (κ2) is 7.34. The zero-order valence-electron chi connectivity index (χ0n) is 19.4. The maximum atomic E-state index is 13.8. The van der Waals surface area contributed by atoms with Gasteiger partial charge in [0, 0.05) is 24.1 Å². The first-order valence-corrected chi connectivity index (χ1v) is 12.4. The van der Waals surface area contributed by atoms with Crippen LogP contribution in [0.2, 0.25) is 0 Å². The SMILES string of the molecule is O=C(O)[C@H]1[C@@H]2Cc3cc(OCc4ccc5c(c4)C(c4ccccc4C(F)(F)F)CC54CC4)ncc3[C@@H]21. The van der Waals surface area contributed by atoms with Crippen molar-refractivity contribution >= 4 is 5.97 Å². The van der Waals surface area contributed by atoms with Gasteiger partial charge in [-0.15, -0.1) is 0 Å². The van der Waals surface area contributed by atoms with Crippen LogP contribution in [0.5, 0.6) is 5.88 Å². The summed E-state index contributed by atoms with van der Waals surface area (Å²) in [6.45, 7) is 0.268. The molecular weight excluding hydrogens is 467 g/mol. The van der Waals surface area contributed by atoms with Crippen molar-refractivity contribution in [2.75, 3.05) is 0 Å². The van der Waals surface area contributed by atoms with E-state index < -0.39 is 17.7 Å². The molecule has 4 atom stereocenters. The topological polar surface area (TPSA) is 59.4 Å². The maximum Gasteiger partial charge on any atom is 0.416 e. The van der Waals surface area contributed by atoms with E-state index in [2.05, 4.69) is 11.1 Å². The quantitative estimate of drug-likeness (QED) is 0.461. The number of alkyl halides is 3. The number of carbonyl (C=O) groups is 1. The summed E-state index contributed by atoms with van der Waals surface area (Å²) >= 11 is 0. The van der Waals surface area contributed by atoms with Crippen LogP contribution in [0.3, 0.4) is 0 Å². The predicted octanol–water partition coefficient (Wildman–Crippen LogP) is 6.22. The van der Waals surface area contributed by atoms with Gasteiger partial charge in [0.2, 0.25) is 5.88 Å². The number of carboxylic acid groups (broad SMARTS) is 1. The van der Waals surface area contributed by atoms with E-state index in [0.717, 1.165) is 41.5 Å². The molecule has 4 aliphatic rings. The fraction of sp³-hybridized carbons (Fsp3) is 0.379. The van der Waals surface area contributed by atoms with Crippen molar-refractivity contribution in [2.45, 2.75) is 55.7 Å². The molecular formula is C29H24F3NO3. The molecule has 1 spiro atoms. The van der Waals surface area contributed by atoms with Crippen molar-refractivity contribution in [1.82, 2.24) is 4.98 Å². The second-order valence-corrected chi connectivity index (χ2v) is 10.8. The third-order valence-electron chi connectivity index (χ3n) is 8.81. The maximum absolute atomic E-state index is 13.8. The average molecular weight is 492 g/mol. The molecule has 1 unspecified atom stereocenters. The molecule has 0 aliphatic heterocycles. The van der Waals surface area contributed by atoms with Crippen LogP contribution >= 0.6 is 0 Å². The van der Waals surface area contributed by atoms with Crippen LogP contribution in [0.1, 0.15) is 70.0 Å². The van der Waals surface area contributed by atoms with Crippen LogP contribution in [0.25, 0.3) is 0 Å². The second-order valence-electron chi connectivity index (χ2n) is 10.8. The van der Waals surface area contributed by atoms with Crippen LogP contribution in [-0.4, -0.2) is 16.1 Å². The predicted molar refractivity (Wildman–Crippen MR) is 125 cm³/mol. The van der Waals surface area contributed by atoms with E-state index in [9.17, 15) is 23.1 Å². The fourth-order valence-corrected chi connectivity index (χ4v) is 6.89. The summed E-state index contributed by atoms with van der Waals surface area (Å²) < 4.78 is 47.4. The summed E-state index contributed by atoms with van der Waals surface area (Å²) in [6, 6.07) is 13.9. The lowest BCUT2D eigenvalue weighted by Crippen LogP contribution is -2.12. The molecule has 1 heterocycles. The van der Waals surface area contributed by atoms with E-state index in [1.165, 1.54) is 17.7 Å². The van der Waals surface area contributed by atoms with Gasteiger partial charge in [-0.3, -0.25) is 4.79 Å². The minimum atomic E-state index is -4.39. The molecule has 0 radical (unpaired) electrons. The highest BCUT2D eigenvalue weighted by molar-refractivity contribution is 5.77. The van der Waals surface area contributed by atoms with Gasteiger partial charge in [-0.25, -0.2) is 4.98 Å². The molecule has 3 aromatic rings. The number of aliphatic carboxylic acids is 1. The van der Waals surface area contributed by atoms with Crippen LogP contribution in [0.15, 0.2) is 54.7 Å². The van der Waals surface area contributed by atoms with Gasteiger partial charge in [0.25, 0.3) is 0 Å². The van der Waals surface area contributed by atoms with E-state index in [-0.39, 0.29) is 35.7 Å². The van der Waals surface area contributed by atoms with Gasteiger partial charge < -0.3 is 9.84 Å². The minimum absolute atomic E-state index is 0.00822. The minimum Gasteiger partial charge on any atom is -0.481 e. The molecule has 184 valence electrons. The van der Waals surface area contributed by atoms with Crippen molar-refractivity contribution in [3.8, 4) is 5.88 Å². The van der Waals surface area contributed by atoms with Crippen molar-refractivity contribution in [1.29, 1.82) is 0 Å². The van der Waals surface area contributed by atoms with Gasteiger partial charge in [0.05, 0.1) is 11.5 Å². The standard InChI is InChI=1S/C29H24F3NO3/c30-29(31,32)23-4-2-1-3-17(23)20-12-28(7-8-28)22-6-5-15(9-18(20)22)14-36-24-11-16-10-19-25(21(16)13-33-24)26(19)27(34)35/h1-6,9,11,13,19-20,25-26H,7-8,10,12,14H2,(H,34,35)/t19-,20?,25-,26+/m1/s1. The molecule has 0 bridgehead atoms. The molecule has 2 saturated carbocycles. The smallest absolute Gasteiger partial charge is 0.416 e. The highest BCUT2D eigenvalue weighted by atomic mass is 19.4. The number of carboxylic acids is 1. The third kappa shape index (κ3) is 3.28. The summed E-state index contributed by atoms with van der Waals surface area (Å²) in [4.78, 5) is 15.7. The van der Waals surface area contributed by atoms with Crippen LogP contribution in [-0.2, 0) is 29.4 Å². The Morgan fingerprint density at radius 1 is 1.08 bits per heavy atom. The van der Waals surface area contributed by atoms with Crippen molar-refractivity contribution in [3.05, 3.63) is 93.7 Å². The lowest BCUT2D eigenvalue weighted by atomic mass is 9.88. The molecule has 0 saturated heterocycles. The zero-order valence-corrected chi connectivity index (χ0v) is 19.4. The number of ether oxygens (including phenoxy) is 1. The van der Waals surface area contributed by atoms with Gasteiger partial charge >= 0.3 is 12.1 Å². The lowest BCUT2D eigenvalue weighted by molar-refractivity contribution is -0.139. The molecule has 36 heavy (non-hydrogen) atoms. The number of hydrogen-bond donors (Lipinski definition) is 1. The first-order chi connectivity index (χ1) is 17.2. The van der Waals surface area contributed by atoms with Crippen molar-refractivity contribution in [2.24, 2.45) is 11.8 Å². The van der Waals surface area contributed by atoms with E-state index >= 15 is 0 Å². The number of hydrogen-bond acceptors (Lipinski definition) is 3. The Morgan fingerprint density at radius 2 is 1.89 bits per heavy atom. The molecule has 2 aromatic carbocycles. The molecule has 7 rings (SSSR count). The van der Waals surface area contributed by atoms with Gasteiger partial charge in [-0.2, -0.15) is 13.2 Å². The molecule has 0 amide bonds. The van der Waals surface area contributed by atoms with Gasteiger partial charge in [0.1, 0.15) is 6.61 Å². The average Bonchev–Trinajstić information content (AvgIpc) is 3.72. The number of rotatable bonds is 5. The van der Waals surface area contributed by atoms with Crippen molar-refractivity contribution < 1.29 is 27.8 Å². The van der Waals surface area contributed by atoms with Gasteiger partial charge in [0.15, 0.2) is 0 Å². The molecule has 1 N–H and O–H groups in total. The van der Waals surface area contributed by atoms with E-state index in [4.69, 9.17) is 4.74 Å². The summed E-state index contributed by atoms with van der Waals surface area (Å²) in [5.41, 5.74) is 4.98. The summed E-state index contributed by atoms with van der Waals surface area (Å²) in [5.74, 6) is -0.591. The first kappa shape index (κ1) is 21.9. The Hall–Kier alpha value is -3.35. The van der Waals surface area contributed by atoms with Gasteiger partial charge in [-0.1, -0.05) is 36.4 Å². The number of pyridine rings is 1. The summed E-state index contributed by atoms with van der Waals surface area (Å²) in [6.07, 6.45) is 0.834. The van der Waals surface area contributed by atoms with Crippen LogP contribution in [0.4, 0.5) is 13.2 Å². The monoisotopic (exact) mass is 491 g/mol. The Bertz CT molecular complexity index is 1410. The number of benzene rings is 2. The number of halogens is 3. The third-order valence-corrected chi connectivity index (χ3v) is 8.81. The van der Waals surface area contributed by atoms with Crippen molar-refractivity contribution in [3.63, 3.8) is 0 Å². The van der Waals surface area contributed by atoms with E-state index in [1.807, 2.05) is 18.2 Å². The molecule has 4 nitrogen and oxygen atoms in total. The molecule has 7 heteroatoms. The number of nitrogens with zero attached hydrogens (tertiary/aromatic N) is 1. The highest BCUT2D eigenvalue weighted by Crippen LogP contribution is 2.63. The molecule has 4 aliphatic carbocycles. The Labute approximate surface area is 206 Å². The molecule has 2 fully saturated rings. The van der Waals surface area contributed by atoms with Crippen LogP contribution in [0, 0.1) is 11.8 Å². The van der Waals surface area contributed by atoms with E-state index in [0.29, 0.717) is 17.9 Å². The largest absolute Gasteiger partial charge is 0.481 e. The normalized spacial score (nSPS) is 26.3. The summed E-state index contributed by atoms with van der Waals surface area (Å²) in [5, 5.41) is 9.30. The number of fused-ring (bicyclic) bond motifs is 5. The number of aromatic nitrogens is 1. The highest BCUT2D eigenvalue weighted by Gasteiger charge is 2.60. The fourth-order valence-electron chi connectivity index (χ4n) is 6.89.